The fourth-order valence-electron chi connectivity index (χ4n) is 2.56. The number of nitrogens with one attached hydrogen (secondary N) is 1. The van der Waals surface area contributed by atoms with Crippen molar-refractivity contribution in [1.82, 2.24) is 10.3 Å². The van der Waals surface area contributed by atoms with Gasteiger partial charge in [0.1, 0.15) is 0 Å². The second kappa shape index (κ2) is 6.19. The topological polar surface area (TPSA) is 28.2 Å². The molecule has 1 N–H and O–H groups in total. The highest BCUT2D eigenvalue weighted by atomic mass is 15.2. The minimum atomic E-state index is 0.595. The second-order valence-electron chi connectivity index (χ2n) is 5.47. The molecule has 0 saturated carbocycles. The molecule has 0 amide bonds. The molecule has 0 bridgehead atoms. The molecule has 1 fully saturated rings. The third-order valence-corrected chi connectivity index (χ3v) is 3.98. The van der Waals surface area contributed by atoms with Crippen molar-refractivity contribution >= 4 is 5.69 Å². The van der Waals surface area contributed by atoms with Gasteiger partial charge in [0.15, 0.2) is 0 Å². The fraction of sp³-hybridized carbons (Fsp3) is 0.667. The first kappa shape index (κ1) is 13.3. The van der Waals surface area contributed by atoms with Gasteiger partial charge in [-0.05, 0) is 37.4 Å². The van der Waals surface area contributed by atoms with Crippen LogP contribution in [0.15, 0.2) is 18.5 Å². The summed E-state index contributed by atoms with van der Waals surface area (Å²) in [6, 6.07) is 2.84. The minimum Gasteiger partial charge on any atom is -0.369 e. The molecule has 18 heavy (non-hydrogen) atoms. The van der Waals surface area contributed by atoms with E-state index >= 15 is 0 Å². The number of aryl methyl sites for hydroxylation is 1. The largest absolute Gasteiger partial charge is 0.369 e. The van der Waals surface area contributed by atoms with Gasteiger partial charge in [0.05, 0.1) is 11.9 Å². The Morgan fingerprint density at radius 3 is 3.06 bits per heavy atom. The molecule has 2 atom stereocenters. The zero-order chi connectivity index (χ0) is 13.0. The molecule has 2 heterocycles. The summed E-state index contributed by atoms with van der Waals surface area (Å²) in [4.78, 5) is 6.80. The highest BCUT2D eigenvalue weighted by molar-refractivity contribution is 5.46. The maximum atomic E-state index is 4.32. The lowest BCUT2D eigenvalue weighted by Gasteiger charge is -2.29. The van der Waals surface area contributed by atoms with Crippen LogP contribution in [0.2, 0.25) is 0 Å². The van der Waals surface area contributed by atoms with Crippen LogP contribution in [-0.2, 0) is 0 Å². The van der Waals surface area contributed by atoms with Crippen molar-refractivity contribution in [3.63, 3.8) is 0 Å². The van der Waals surface area contributed by atoms with Crippen molar-refractivity contribution in [2.45, 2.75) is 39.7 Å². The summed E-state index contributed by atoms with van der Waals surface area (Å²) in [5.41, 5.74) is 2.51. The van der Waals surface area contributed by atoms with E-state index in [4.69, 9.17) is 0 Å². The zero-order valence-electron chi connectivity index (χ0n) is 11.8. The molecule has 2 rings (SSSR count). The molecule has 1 saturated heterocycles. The summed E-state index contributed by atoms with van der Waals surface area (Å²) in [5.74, 6) is 0.725. The van der Waals surface area contributed by atoms with Crippen LogP contribution in [0.1, 0.15) is 32.3 Å². The predicted molar refractivity (Wildman–Crippen MR) is 77.0 cm³/mol. The van der Waals surface area contributed by atoms with Gasteiger partial charge in [-0.25, -0.2) is 0 Å². The Hall–Kier alpha value is -1.09. The van der Waals surface area contributed by atoms with E-state index in [0.717, 1.165) is 25.6 Å². The highest BCUT2D eigenvalue weighted by Gasteiger charge is 2.21. The minimum absolute atomic E-state index is 0.595. The first-order valence-electron chi connectivity index (χ1n) is 7.10. The molecule has 0 aliphatic carbocycles. The maximum Gasteiger partial charge on any atom is 0.0555 e. The van der Waals surface area contributed by atoms with Crippen molar-refractivity contribution in [1.29, 1.82) is 0 Å². The van der Waals surface area contributed by atoms with Crippen LogP contribution < -0.4 is 10.2 Å². The van der Waals surface area contributed by atoms with Crippen molar-refractivity contribution in [2.75, 3.05) is 24.5 Å². The van der Waals surface area contributed by atoms with E-state index in [2.05, 4.69) is 42.0 Å². The Bertz CT molecular complexity index is 378. The number of rotatable bonds is 3. The lowest BCUT2D eigenvalue weighted by atomic mass is 9.99. The molecule has 0 spiro atoms. The van der Waals surface area contributed by atoms with Gasteiger partial charge < -0.3 is 10.2 Å². The Morgan fingerprint density at radius 1 is 1.50 bits per heavy atom. The van der Waals surface area contributed by atoms with Crippen LogP contribution in [0.25, 0.3) is 0 Å². The van der Waals surface area contributed by atoms with E-state index in [1.165, 1.54) is 24.1 Å². The summed E-state index contributed by atoms with van der Waals surface area (Å²) in [5, 5.41) is 3.68. The average Bonchev–Trinajstić information content (AvgIpc) is 2.63. The lowest BCUT2D eigenvalue weighted by molar-refractivity contribution is 0.384. The van der Waals surface area contributed by atoms with Gasteiger partial charge in [-0.1, -0.05) is 20.3 Å². The van der Waals surface area contributed by atoms with E-state index in [0.29, 0.717) is 6.04 Å². The summed E-state index contributed by atoms with van der Waals surface area (Å²) in [6.07, 6.45) is 6.36. The van der Waals surface area contributed by atoms with Crippen LogP contribution in [0, 0.1) is 12.8 Å². The Labute approximate surface area is 111 Å². The predicted octanol–water partition coefficient (Wildman–Crippen LogP) is 2.60. The summed E-state index contributed by atoms with van der Waals surface area (Å²) >= 11 is 0. The Morgan fingerprint density at radius 2 is 2.33 bits per heavy atom. The third kappa shape index (κ3) is 3.22. The van der Waals surface area contributed by atoms with Gasteiger partial charge in [-0.15, -0.1) is 0 Å². The van der Waals surface area contributed by atoms with Gasteiger partial charge >= 0.3 is 0 Å². The van der Waals surface area contributed by atoms with Gasteiger partial charge in [0, 0.05) is 25.3 Å². The molecule has 100 valence electrons. The Kier molecular flexibility index (Phi) is 4.59. The second-order valence-corrected chi connectivity index (χ2v) is 5.47. The van der Waals surface area contributed by atoms with Crippen LogP contribution >= 0.6 is 0 Å². The number of anilines is 1. The quantitative estimate of drug-likeness (QED) is 0.890. The van der Waals surface area contributed by atoms with Gasteiger partial charge in [0.2, 0.25) is 0 Å². The molecular weight excluding hydrogens is 222 g/mol. The van der Waals surface area contributed by atoms with E-state index < -0.39 is 0 Å². The molecule has 1 aliphatic heterocycles. The monoisotopic (exact) mass is 247 g/mol. The summed E-state index contributed by atoms with van der Waals surface area (Å²) < 4.78 is 0. The molecule has 1 aliphatic rings. The van der Waals surface area contributed by atoms with Gasteiger partial charge in [-0.3, -0.25) is 4.98 Å². The normalized spacial score (nSPS) is 22.6. The molecule has 0 radical (unpaired) electrons. The average molecular weight is 247 g/mol. The van der Waals surface area contributed by atoms with Crippen molar-refractivity contribution in [2.24, 2.45) is 5.92 Å². The van der Waals surface area contributed by atoms with E-state index in [9.17, 15) is 0 Å². The van der Waals surface area contributed by atoms with Crippen LogP contribution in [-0.4, -0.2) is 30.7 Å². The highest BCUT2D eigenvalue weighted by Crippen LogP contribution is 2.19. The van der Waals surface area contributed by atoms with Crippen molar-refractivity contribution in [3.8, 4) is 0 Å². The number of nitrogens with zero attached hydrogens (tertiary/aromatic N) is 2. The van der Waals surface area contributed by atoms with Crippen molar-refractivity contribution in [3.05, 3.63) is 24.0 Å². The molecule has 2 unspecified atom stereocenters. The smallest absolute Gasteiger partial charge is 0.0555 e. The van der Waals surface area contributed by atoms with E-state index in [1.54, 1.807) is 0 Å². The zero-order valence-corrected chi connectivity index (χ0v) is 11.8. The van der Waals surface area contributed by atoms with Gasteiger partial charge in [0.25, 0.3) is 0 Å². The molecule has 1 aromatic rings. The van der Waals surface area contributed by atoms with E-state index in [1.807, 2.05) is 12.4 Å². The number of aromatic nitrogens is 1. The maximum absolute atomic E-state index is 4.32. The first-order chi connectivity index (χ1) is 8.70. The van der Waals surface area contributed by atoms with Crippen molar-refractivity contribution < 1.29 is 0 Å². The molecule has 3 nitrogen and oxygen atoms in total. The molecule has 0 aromatic carbocycles. The molecule has 1 aromatic heterocycles. The van der Waals surface area contributed by atoms with E-state index in [-0.39, 0.29) is 0 Å². The third-order valence-electron chi connectivity index (χ3n) is 3.98. The SMILES string of the molecule is CCC(C)C1CN(c2cncc(C)c2)CCCN1. The Balaban J connectivity index is 2.11. The first-order valence-corrected chi connectivity index (χ1v) is 7.10. The summed E-state index contributed by atoms with van der Waals surface area (Å²) in [6.45, 7) is 10.1. The van der Waals surface area contributed by atoms with Gasteiger partial charge in [-0.2, -0.15) is 0 Å². The number of hydrogen-bond acceptors (Lipinski definition) is 3. The summed E-state index contributed by atoms with van der Waals surface area (Å²) in [7, 11) is 0. The number of hydrogen-bond donors (Lipinski definition) is 1. The molecule has 3 heteroatoms. The fourth-order valence-corrected chi connectivity index (χ4v) is 2.56. The number of pyridine rings is 1. The standard InChI is InChI=1S/C15H25N3/c1-4-13(3)15-11-18(7-5-6-17-15)14-8-12(2)9-16-10-14/h8-10,13,15,17H,4-7,11H2,1-3H3. The van der Waals surface area contributed by atoms with Crippen LogP contribution in [0.4, 0.5) is 5.69 Å². The molecular formula is C15H25N3. The van der Waals surface area contributed by atoms with Crippen LogP contribution in [0.3, 0.4) is 0 Å². The van der Waals surface area contributed by atoms with Crippen LogP contribution in [0.5, 0.6) is 0 Å². The lowest BCUT2D eigenvalue weighted by Crippen LogP contribution is -2.42.